The van der Waals surface area contributed by atoms with Crippen molar-refractivity contribution in [2.45, 2.75) is 19.4 Å². The van der Waals surface area contributed by atoms with Gasteiger partial charge in [-0.1, -0.05) is 6.92 Å². The van der Waals surface area contributed by atoms with Crippen molar-refractivity contribution in [3.63, 3.8) is 0 Å². The van der Waals surface area contributed by atoms with Gasteiger partial charge in [0.1, 0.15) is 11.8 Å². The summed E-state index contributed by atoms with van der Waals surface area (Å²) < 4.78 is 8.42. The molecule has 0 fully saturated rings. The molecule has 0 bridgehead atoms. The van der Waals surface area contributed by atoms with Crippen molar-refractivity contribution in [3.05, 3.63) is 55.0 Å². The minimum Gasteiger partial charge on any atom is -0.497 e. The highest BCUT2D eigenvalue weighted by molar-refractivity contribution is 5.92. The zero-order valence-corrected chi connectivity index (χ0v) is 15.5. The smallest absolute Gasteiger partial charge is 0.254 e. The highest BCUT2D eigenvalue weighted by Gasteiger charge is 2.21. The van der Waals surface area contributed by atoms with Crippen molar-refractivity contribution in [2.24, 2.45) is 0 Å². The summed E-state index contributed by atoms with van der Waals surface area (Å²) in [7, 11) is 1.62. The number of ether oxygens (including phenoxy) is 1. The van der Waals surface area contributed by atoms with Crippen molar-refractivity contribution in [1.29, 1.82) is 0 Å². The average molecular weight is 377 g/mol. The van der Waals surface area contributed by atoms with E-state index < -0.39 is 6.04 Å². The van der Waals surface area contributed by atoms with E-state index in [1.165, 1.54) is 0 Å². The van der Waals surface area contributed by atoms with E-state index in [4.69, 9.17) is 4.74 Å². The molecule has 0 aliphatic carbocycles. The van der Waals surface area contributed by atoms with Gasteiger partial charge >= 0.3 is 0 Å². The molecule has 0 aliphatic heterocycles. The van der Waals surface area contributed by atoms with Crippen molar-refractivity contribution < 1.29 is 9.53 Å². The van der Waals surface area contributed by atoms with Crippen LogP contribution in [0.4, 0.5) is 5.95 Å². The summed E-state index contributed by atoms with van der Waals surface area (Å²) in [5.41, 5.74) is 1.73. The summed E-state index contributed by atoms with van der Waals surface area (Å²) in [5.74, 6) is 1.14. The normalized spacial score (nSPS) is 12.1. The lowest BCUT2D eigenvalue weighted by Gasteiger charge is -2.13. The second-order valence-corrected chi connectivity index (χ2v) is 6.11. The predicted octanol–water partition coefficient (Wildman–Crippen LogP) is 2.59. The number of anilines is 1. The first kappa shape index (κ1) is 17.7. The third-order valence-corrected chi connectivity index (χ3v) is 4.39. The Kier molecular flexibility index (Phi) is 4.71. The Balaban J connectivity index is 1.63. The van der Waals surface area contributed by atoms with Gasteiger partial charge in [0.2, 0.25) is 0 Å². The Bertz CT molecular complexity index is 1090. The van der Waals surface area contributed by atoms with E-state index in [2.05, 4.69) is 25.5 Å². The molecule has 9 nitrogen and oxygen atoms in total. The molecule has 3 aromatic heterocycles. The Morgan fingerprint density at radius 1 is 1.21 bits per heavy atom. The van der Waals surface area contributed by atoms with E-state index in [1.807, 2.05) is 37.3 Å². The first-order valence-electron chi connectivity index (χ1n) is 8.86. The van der Waals surface area contributed by atoms with E-state index in [-0.39, 0.29) is 11.9 Å². The molecule has 0 spiro atoms. The number of hydrogen-bond donors (Lipinski definition) is 1. The van der Waals surface area contributed by atoms with Gasteiger partial charge in [0.25, 0.3) is 17.6 Å². The third kappa shape index (κ3) is 3.29. The van der Waals surface area contributed by atoms with Crippen LogP contribution in [0.25, 0.3) is 17.0 Å². The number of methoxy groups -OCH3 is 1. The minimum atomic E-state index is -0.435. The topological polar surface area (TPSA) is 99.2 Å². The number of rotatable bonds is 6. The molecule has 1 unspecified atom stereocenters. The quantitative estimate of drug-likeness (QED) is 0.554. The fourth-order valence-electron chi connectivity index (χ4n) is 2.98. The number of amides is 1. The number of nitrogens with one attached hydrogen (secondary N) is 1. The van der Waals surface area contributed by atoms with Crippen LogP contribution < -0.4 is 10.1 Å². The van der Waals surface area contributed by atoms with Crippen LogP contribution in [-0.2, 0) is 4.79 Å². The molecule has 0 saturated heterocycles. The van der Waals surface area contributed by atoms with Gasteiger partial charge in [-0.2, -0.15) is 14.6 Å². The van der Waals surface area contributed by atoms with Crippen molar-refractivity contribution in [1.82, 2.24) is 29.4 Å². The molecule has 28 heavy (non-hydrogen) atoms. The van der Waals surface area contributed by atoms with Crippen LogP contribution in [0, 0.1) is 0 Å². The number of carbonyl (C=O) groups excluding carboxylic acids is 1. The lowest BCUT2D eigenvalue weighted by atomic mass is 10.1. The molecule has 1 amide bonds. The van der Waals surface area contributed by atoms with E-state index >= 15 is 0 Å². The van der Waals surface area contributed by atoms with Crippen LogP contribution >= 0.6 is 0 Å². The van der Waals surface area contributed by atoms with Gasteiger partial charge in [0.05, 0.1) is 12.8 Å². The Morgan fingerprint density at radius 2 is 2.04 bits per heavy atom. The standard InChI is InChI=1S/C19H19N7O2/c1-3-15(25-12-4-10-21-25)17(27)22-18-23-19-20-11-9-16(26(19)24-18)13-5-7-14(28-2)8-6-13/h4-12,15H,3H2,1-2H3,(H,22,24,27). The minimum absolute atomic E-state index is 0.198. The Hall–Kier alpha value is -3.75. The molecule has 9 heteroatoms. The van der Waals surface area contributed by atoms with Crippen LogP contribution in [0.2, 0.25) is 0 Å². The maximum Gasteiger partial charge on any atom is 0.254 e. The van der Waals surface area contributed by atoms with Gasteiger partial charge in [-0.05, 0) is 42.8 Å². The van der Waals surface area contributed by atoms with Crippen molar-refractivity contribution in [3.8, 4) is 17.0 Å². The fraction of sp³-hybridized carbons (Fsp3) is 0.211. The number of benzene rings is 1. The summed E-state index contributed by atoms with van der Waals surface area (Å²) in [5, 5.41) is 11.3. The van der Waals surface area contributed by atoms with Gasteiger partial charge in [-0.15, -0.1) is 5.10 Å². The maximum atomic E-state index is 12.6. The summed E-state index contributed by atoms with van der Waals surface area (Å²) in [6.07, 6.45) is 5.66. The summed E-state index contributed by atoms with van der Waals surface area (Å²) in [6, 6.07) is 10.8. The number of hydrogen-bond acceptors (Lipinski definition) is 6. The highest BCUT2D eigenvalue weighted by Crippen LogP contribution is 2.23. The Morgan fingerprint density at radius 3 is 2.71 bits per heavy atom. The molecule has 1 N–H and O–H groups in total. The molecule has 0 saturated carbocycles. The van der Waals surface area contributed by atoms with Gasteiger partial charge < -0.3 is 4.74 Å². The van der Waals surface area contributed by atoms with Crippen molar-refractivity contribution >= 4 is 17.6 Å². The summed E-state index contributed by atoms with van der Waals surface area (Å²) in [6.45, 7) is 1.92. The molecule has 4 aromatic rings. The Labute approximate surface area is 161 Å². The fourth-order valence-corrected chi connectivity index (χ4v) is 2.98. The maximum absolute atomic E-state index is 12.6. The number of nitrogens with zero attached hydrogens (tertiary/aromatic N) is 6. The molecular weight excluding hydrogens is 358 g/mol. The number of aromatic nitrogens is 6. The average Bonchev–Trinajstić information content (AvgIpc) is 3.38. The molecule has 3 heterocycles. The van der Waals surface area contributed by atoms with Gasteiger partial charge in [-0.3, -0.25) is 14.8 Å². The van der Waals surface area contributed by atoms with Crippen molar-refractivity contribution in [2.75, 3.05) is 12.4 Å². The van der Waals surface area contributed by atoms with Gasteiger partial charge in [0, 0.05) is 24.2 Å². The molecule has 0 radical (unpaired) electrons. The molecule has 1 atom stereocenters. The lowest BCUT2D eigenvalue weighted by molar-refractivity contribution is -0.119. The number of fused-ring (bicyclic) bond motifs is 1. The monoisotopic (exact) mass is 377 g/mol. The first-order chi connectivity index (χ1) is 13.7. The van der Waals surface area contributed by atoms with Gasteiger partial charge in [0.15, 0.2) is 0 Å². The molecule has 1 aromatic carbocycles. The lowest BCUT2D eigenvalue weighted by Crippen LogP contribution is -2.26. The van der Waals surface area contributed by atoms with E-state index in [1.54, 1.807) is 41.0 Å². The predicted molar refractivity (Wildman–Crippen MR) is 103 cm³/mol. The van der Waals surface area contributed by atoms with Gasteiger partial charge in [-0.25, -0.2) is 4.98 Å². The zero-order chi connectivity index (χ0) is 19.5. The second kappa shape index (κ2) is 7.47. The summed E-state index contributed by atoms with van der Waals surface area (Å²) >= 11 is 0. The second-order valence-electron chi connectivity index (χ2n) is 6.11. The SMILES string of the molecule is CCC(C(=O)Nc1nc2nccc(-c3ccc(OC)cc3)n2n1)n1cccn1. The highest BCUT2D eigenvalue weighted by atomic mass is 16.5. The van der Waals surface area contributed by atoms with Crippen LogP contribution in [0.3, 0.4) is 0 Å². The number of carbonyl (C=O) groups is 1. The summed E-state index contributed by atoms with van der Waals surface area (Å²) in [4.78, 5) is 21.2. The third-order valence-electron chi connectivity index (χ3n) is 4.39. The van der Waals surface area contributed by atoms with Crippen LogP contribution in [-0.4, -0.2) is 42.4 Å². The molecule has 0 aliphatic rings. The van der Waals surface area contributed by atoms with Crippen LogP contribution in [0.5, 0.6) is 5.75 Å². The molecular formula is C19H19N7O2. The molecule has 142 valence electrons. The largest absolute Gasteiger partial charge is 0.497 e. The first-order valence-corrected chi connectivity index (χ1v) is 8.86. The van der Waals surface area contributed by atoms with Crippen LogP contribution in [0.1, 0.15) is 19.4 Å². The van der Waals surface area contributed by atoms with E-state index in [9.17, 15) is 4.79 Å². The van der Waals surface area contributed by atoms with Crippen LogP contribution in [0.15, 0.2) is 55.0 Å². The van der Waals surface area contributed by atoms with E-state index in [0.717, 1.165) is 17.0 Å². The van der Waals surface area contributed by atoms with E-state index in [0.29, 0.717) is 12.2 Å². The molecule has 4 rings (SSSR count). The zero-order valence-electron chi connectivity index (χ0n) is 15.5.